The van der Waals surface area contributed by atoms with Gasteiger partial charge in [-0.05, 0) is 42.6 Å². The van der Waals surface area contributed by atoms with E-state index < -0.39 is 11.7 Å². The second-order valence-corrected chi connectivity index (χ2v) is 6.10. The van der Waals surface area contributed by atoms with Gasteiger partial charge in [0.1, 0.15) is 0 Å². The molecule has 21 heavy (non-hydrogen) atoms. The molecule has 1 aromatic rings. The third kappa shape index (κ3) is 4.99. The van der Waals surface area contributed by atoms with Crippen LogP contribution in [-0.4, -0.2) is 6.54 Å². The fourth-order valence-electron chi connectivity index (χ4n) is 2.55. The Labute approximate surface area is 133 Å². The highest BCUT2D eigenvalue weighted by atomic mass is 79.9. The highest BCUT2D eigenvalue weighted by Gasteiger charge is 2.32. The number of nitrogens with one attached hydrogen (secondary N) is 1. The van der Waals surface area contributed by atoms with Gasteiger partial charge < -0.3 is 5.32 Å². The van der Waals surface area contributed by atoms with Crippen LogP contribution in [0.5, 0.6) is 0 Å². The Bertz CT molecular complexity index is 442. The predicted octanol–water partition coefficient (Wildman–Crippen LogP) is 5.94. The Hall–Kier alpha value is -0.550. The molecule has 0 aromatic heterocycles. The van der Waals surface area contributed by atoms with Crippen molar-refractivity contribution in [1.29, 1.82) is 0 Å². The Balaban J connectivity index is 3.22. The normalized spacial score (nSPS) is 13.7. The summed E-state index contributed by atoms with van der Waals surface area (Å²) in [5, 5.41) is 3.41. The second-order valence-electron chi connectivity index (χ2n) is 5.24. The van der Waals surface area contributed by atoms with E-state index in [0.717, 1.165) is 36.3 Å². The fraction of sp³-hybridized carbons (Fsp3) is 0.625. The predicted molar refractivity (Wildman–Crippen MR) is 84.3 cm³/mol. The molecular weight excluding hydrogens is 343 g/mol. The zero-order chi connectivity index (χ0) is 16.0. The molecule has 1 aromatic carbocycles. The molecule has 0 amide bonds. The summed E-state index contributed by atoms with van der Waals surface area (Å²) in [5.41, 5.74) is 0.113. The summed E-state index contributed by atoms with van der Waals surface area (Å²) in [6.07, 6.45) is -1.49. The maximum Gasteiger partial charge on any atom is 0.416 e. The molecule has 0 heterocycles. The molecule has 0 saturated carbocycles. The average Bonchev–Trinajstić information content (AvgIpc) is 2.43. The summed E-state index contributed by atoms with van der Waals surface area (Å²) in [4.78, 5) is 0. The minimum atomic E-state index is -4.31. The number of alkyl halides is 3. The lowest BCUT2D eigenvalue weighted by Crippen LogP contribution is -2.29. The van der Waals surface area contributed by atoms with Crippen LogP contribution in [0.1, 0.15) is 57.2 Å². The molecule has 120 valence electrons. The van der Waals surface area contributed by atoms with Crippen LogP contribution in [0.4, 0.5) is 13.2 Å². The smallest absolute Gasteiger partial charge is 0.310 e. The largest absolute Gasteiger partial charge is 0.416 e. The maximum absolute atomic E-state index is 12.9. The first-order chi connectivity index (χ1) is 9.85. The molecule has 5 heteroatoms. The first-order valence-corrected chi connectivity index (χ1v) is 8.24. The molecular formula is C16H23BrF3N. The Morgan fingerprint density at radius 3 is 2.24 bits per heavy atom. The van der Waals surface area contributed by atoms with Gasteiger partial charge in [0.25, 0.3) is 0 Å². The van der Waals surface area contributed by atoms with Crippen molar-refractivity contribution >= 4 is 15.9 Å². The minimum Gasteiger partial charge on any atom is -0.310 e. The van der Waals surface area contributed by atoms with E-state index in [-0.39, 0.29) is 6.04 Å². The van der Waals surface area contributed by atoms with Crippen LogP contribution in [0.15, 0.2) is 22.7 Å². The quantitative estimate of drug-likeness (QED) is 0.629. The molecule has 0 aliphatic rings. The molecule has 1 unspecified atom stereocenters. The topological polar surface area (TPSA) is 12.0 Å². The average molecular weight is 366 g/mol. The highest BCUT2D eigenvalue weighted by Crippen LogP contribution is 2.37. The van der Waals surface area contributed by atoms with E-state index in [9.17, 15) is 13.2 Å². The fourth-order valence-corrected chi connectivity index (χ4v) is 3.04. The van der Waals surface area contributed by atoms with Gasteiger partial charge in [-0.1, -0.05) is 49.5 Å². The highest BCUT2D eigenvalue weighted by molar-refractivity contribution is 9.10. The van der Waals surface area contributed by atoms with E-state index in [0.29, 0.717) is 11.5 Å². The van der Waals surface area contributed by atoms with E-state index in [2.05, 4.69) is 42.0 Å². The van der Waals surface area contributed by atoms with Crippen molar-refractivity contribution in [1.82, 2.24) is 5.32 Å². The summed E-state index contributed by atoms with van der Waals surface area (Å²) >= 11 is 3.41. The summed E-state index contributed by atoms with van der Waals surface area (Å²) in [5.74, 6) is 0.316. The van der Waals surface area contributed by atoms with Crippen LogP contribution in [-0.2, 0) is 6.18 Å². The van der Waals surface area contributed by atoms with Crippen molar-refractivity contribution < 1.29 is 13.2 Å². The third-order valence-electron chi connectivity index (χ3n) is 3.79. The molecule has 0 aliphatic carbocycles. The summed E-state index contributed by atoms with van der Waals surface area (Å²) < 4.78 is 39.6. The van der Waals surface area contributed by atoms with Gasteiger partial charge in [0.15, 0.2) is 0 Å². The summed E-state index contributed by atoms with van der Waals surface area (Å²) in [6.45, 7) is 7.01. The van der Waals surface area contributed by atoms with E-state index in [4.69, 9.17) is 0 Å². The Morgan fingerprint density at radius 1 is 1.14 bits per heavy atom. The zero-order valence-corrected chi connectivity index (χ0v) is 14.3. The van der Waals surface area contributed by atoms with Crippen LogP contribution in [0.3, 0.4) is 0 Å². The number of halogens is 4. The molecule has 1 rings (SSSR count). The lowest BCUT2D eigenvalue weighted by Gasteiger charge is -2.28. The van der Waals surface area contributed by atoms with Crippen molar-refractivity contribution in [2.45, 2.75) is 52.3 Å². The Morgan fingerprint density at radius 2 is 1.76 bits per heavy atom. The van der Waals surface area contributed by atoms with E-state index in [1.807, 2.05) is 0 Å². The number of benzene rings is 1. The van der Waals surface area contributed by atoms with Crippen molar-refractivity contribution in [3.8, 4) is 0 Å². The van der Waals surface area contributed by atoms with Crippen LogP contribution in [0.2, 0.25) is 0 Å². The molecule has 0 fully saturated rings. The van der Waals surface area contributed by atoms with Crippen LogP contribution < -0.4 is 5.32 Å². The molecule has 0 saturated heterocycles. The summed E-state index contributed by atoms with van der Waals surface area (Å²) in [7, 11) is 0. The first-order valence-electron chi connectivity index (χ1n) is 7.45. The molecule has 0 bridgehead atoms. The first kappa shape index (κ1) is 18.5. The monoisotopic (exact) mass is 365 g/mol. The molecule has 0 spiro atoms. The van der Waals surface area contributed by atoms with Gasteiger partial charge in [-0.25, -0.2) is 0 Å². The standard InChI is InChI=1S/C16H23BrF3N/c1-4-9-21-15(11(5-2)6-3)13-10-12(16(18,19)20)7-8-14(13)17/h7-8,10-11,15,21H,4-6,9H2,1-3H3. The van der Waals surface area contributed by atoms with Crippen molar-refractivity contribution in [3.05, 3.63) is 33.8 Å². The third-order valence-corrected chi connectivity index (χ3v) is 4.51. The lowest BCUT2D eigenvalue weighted by atomic mass is 9.88. The lowest BCUT2D eigenvalue weighted by molar-refractivity contribution is -0.137. The molecule has 0 radical (unpaired) electrons. The molecule has 1 atom stereocenters. The minimum absolute atomic E-state index is 0.0587. The van der Waals surface area contributed by atoms with Gasteiger partial charge in [0.2, 0.25) is 0 Å². The van der Waals surface area contributed by atoms with Crippen LogP contribution >= 0.6 is 15.9 Å². The number of rotatable bonds is 7. The van der Waals surface area contributed by atoms with Crippen molar-refractivity contribution in [2.75, 3.05) is 6.54 Å². The zero-order valence-electron chi connectivity index (χ0n) is 12.7. The molecule has 0 aliphatic heterocycles. The SMILES string of the molecule is CCCNC(c1cc(C(F)(F)F)ccc1Br)C(CC)CC. The number of hydrogen-bond acceptors (Lipinski definition) is 1. The molecule has 1 N–H and O–H groups in total. The van der Waals surface area contributed by atoms with Crippen molar-refractivity contribution in [2.24, 2.45) is 5.92 Å². The number of hydrogen-bond donors (Lipinski definition) is 1. The van der Waals surface area contributed by atoms with Crippen LogP contribution in [0.25, 0.3) is 0 Å². The van der Waals surface area contributed by atoms with E-state index >= 15 is 0 Å². The van der Waals surface area contributed by atoms with E-state index in [1.165, 1.54) is 12.1 Å². The van der Waals surface area contributed by atoms with Crippen LogP contribution in [0, 0.1) is 5.92 Å². The van der Waals surface area contributed by atoms with Gasteiger partial charge in [0, 0.05) is 10.5 Å². The maximum atomic E-state index is 12.9. The van der Waals surface area contributed by atoms with E-state index in [1.54, 1.807) is 0 Å². The van der Waals surface area contributed by atoms with Gasteiger partial charge in [-0.2, -0.15) is 13.2 Å². The molecule has 1 nitrogen and oxygen atoms in total. The van der Waals surface area contributed by atoms with Gasteiger partial charge in [0.05, 0.1) is 5.56 Å². The van der Waals surface area contributed by atoms with Gasteiger partial charge in [-0.3, -0.25) is 0 Å². The van der Waals surface area contributed by atoms with Crippen molar-refractivity contribution in [3.63, 3.8) is 0 Å². The van der Waals surface area contributed by atoms with Gasteiger partial charge >= 0.3 is 6.18 Å². The van der Waals surface area contributed by atoms with Gasteiger partial charge in [-0.15, -0.1) is 0 Å². The summed E-state index contributed by atoms with van der Waals surface area (Å²) in [6, 6.07) is 3.84. The second kappa shape index (κ2) is 8.18. The Kier molecular flexibility index (Phi) is 7.21.